The third-order valence-corrected chi connectivity index (χ3v) is 3.62. The van der Waals surface area contributed by atoms with Crippen LogP contribution in [0, 0.1) is 5.92 Å². The molecular formula is C18H39O4S3Sn. The topological polar surface area (TPSA) is 66.8 Å². The average molecular weight is 534 g/mol. The normalized spacial score (nSPS) is 11.6. The van der Waals surface area contributed by atoms with E-state index in [1.54, 1.807) is 22.5 Å². The van der Waals surface area contributed by atoms with Gasteiger partial charge in [0.1, 0.15) is 0 Å². The Morgan fingerprint density at radius 3 is 1.77 bits per heavy atom. The summed E-state index contributed by atoms with van der Waals surface area (Å²) in [4.78, 5) is 10.7. The molecule has 0 rings (SSSR count). The van der Waals surface area contributed by atoms with E-state index in [0.717, 1.165) is 18.8 Å². The number of carbonyl (C=O) groups excluding carboxylic acids is 1. The first kappa shape index (κ1) is 34.7. The van der Waals surface area contributed by atoms with Gasteiger partial charge in [-0.05, 0) is 12.3 Å². The molecule has 2 N–H and O–H groups in total. The van der Waals surface area contributed by atoms with Crippen LogP contribution in [-0.4, -0.2) is 61.9 Å². The molecule has 0 aliphatic carbocycles. The van der Waals surface area contributed by atoms with E-state index in [0.29, 0.717) is 6.61 Å². The molecule has 0 saturated carbocycles. The van der Waals surface area contributed by atoms with Gasteiger partial charge in [0.2, 0.25) is 0 Å². The Labute approximate surface area is 191 Å². The SMILES string of the molecule is CC(C)CCCCCOC(=O)CS.CC(O)[S-].CC(O)[S-].CCC[CH2][Sn+2]. The molecule has 157 valence electrons. The molecule has 0 aliphatic rings. The Kier molecular flexibility index (Phi) is 41.3. The molecule has 26 heavy (non-hydrogen) atoms. The first-order chi connectivity index (χ1) is 12.0. The Balaban J connectivity index is -0.000000152. The number of carbonyl (C=O) groups is 1. The van der Waals surface area contributed by atoms with Crippen molar-refractivity contribution < 1.29 is 19.7 Å². The Bertz CT molecular complexity index is 243. The molecule has 4 nitrogen and oxygen atoms in total. The fourth-order valence-corrected chi connectivity index (χ4v) is 2.34. The fraction of sp³-hybridized carbons (Fsp3) is 0.944. The zero-order valence-electron chi connectivity index (χ0n) is 17.1. The molecule has 0 saturated heterocycles. The van der Waals surface area contributed by atoms with Crippen LogP contribution in [0.3, 0.4) is 0 Å². The molecule has 0 bridgehead atoms. The van der Waals surface area contributed by atoms with E-state index >= 15 is 0 Å². The molecule has 0 aromatic rings. The predicted octanol–water partition coefficient (Wildman–Crippen LogP) is 3.79. The number of aliphatic hydroxyl groups excluding tert-OH is 2. The van der Waals surface area contributed by atoms with Crippen LogP contribution < -0.4 is 0 Å². The van der Waals surface area contributed by atoms with Gasteiger partial charge in [-0.2, -0.15) is 12.6 Å². The van der Waals surface area contributed by atoms with Gasteiger partial charge in [0, 0.05) is 0 Å². The van der Waals surface area contributed by atoms with Crippen LogP contribution in [0.1, 0.15) is 73.1 Å². The van der Waals surface area contributed by atoms with Crippen LogP contribution in [0.15, 0.2) is 0 Å². The summed E-state index contributed by atoms with van der Waals surface area (Å²) >= 11 is 13.8. The molecule has 0 amide bonds. The van der Waals surface area contributed by atoms with Crippen molar-refractivity contribution in [2.45, 2.75) is 88.5 Å². The molecule has 0 aliphatic heterocycles. The number of ether oxygens (including phenoxy) is 1. The first-order valence-electron chi connectivity index (χ1n) is 9.13. The number of unbranched alkanes of at least 4 members (excludes halogenated alkanes) is 3. The van der Waals surface area contributed by atoms with Crippen molar-refractivity contribution in [1.82, 2.24) is 0 Å². The number of aliphatic hydroxyl groups is 2. The van der Waals surface area contributed by atoms with Gasteiger partial charge in [0.25, 0.3) is 0 Å². The van der Waals surface area contributed by atoms with Crippen molar-refractivity contribution in [3.05, 3.63) is 0 Å². The Hall–Kier alpha value is 1.24. The van der Waals surface area contributed by atoms with Crippen molar-refractivity contribution in [3.8, 4) is 0 Å². The van der Waals surface area contributed by atoms with Crippen LogP contribution in [0.4, 0.5) is 0 Å². The second-order valence-corrected chi connectivity index (χ2v) is 9.03. The average Bonchev–Trinajstić information content (AvgIpc) is 2.50. The third kappa shape index (κ3) is 73.1. The summed E-state index contributed by atoms with van der Waals surface area (Å²) in [5.74, 6) is 0.749. The fourth-order valence-electron chi connectivity index (χ4n) is 1.24. The van der Waals surface area contributed by atoms with E-state index in [1.165, 1.54) is 44.0 Å². The molecule has 2 unspecified atom stereocenters. The third-order valence-electron chi connectivity index (χ3n) is 2.35. The van der Waals surface area contributed by atoms with Gasteiger partial charge in [0.15, 0.2) is 0 Å². The molecule has 8 heteroatoms. The number of hydrogen-bond donors (Lipinski definition) is 3. The number of rotatable bonds is 9. The molecule has 0 spiro atoms. The van der Waals surface area contributed by atoms with Gasteiger partial charge >= 0.3 is 52.7 Å². The standard InChI is InChI=1S/C10H20O2S.C4H9.2C2H6OS.Sn/c1-9(2)6-4-3-5-7-12-10(11)8-13;1-3-4-2;2*1-2(3)4;/h9,13H,3-8H2,1-2H3;1,3-4H2,2H3;2*2-4H,1H3;/q;;;;+2/p-2. The summed E-state index contributed by atoms with van der Waals surface area (Å²) in [6.07, 6.45) is 7.42. The van der Waals surface area contributed by atoms with E-state index < -0.39 is 10.9 Å². The second-order valence-electron chi connectivity index (χ2n) is 5.92. The molecule has 0 aromatic carbocycles. The van der Waals surface area contributed by atoms with Crippen LogP contribution in [0.25, 0.3) is 0 Å². The number of hydrogen-bond acceptors (Lipinski definition) is 7. The van der Waals surface area contributed by atoms with E-state index in [2.05, 4.69) is 58.7 Å². The van der Waals surface area contributed by atoms with Crippen LogP contribution in [0.5, 0.6) is 0 Å². The van der Waals surface area contributed by atoms with Crippen molar-refractivity contribution in [1.29, 1.82) is 0 Å². The summed E-state index contributed by atoms with van der Waals surface area (Å²) in [5, 5.41) is 15.7. The van der Waals surface area contributed by atoms with Gasteiger partial charge in [-0.15, -0.1) is 0 Å². The maximum absolute atomic E-state index is 10.7. The van der Waals surface area contributed by atoms with Crippen molar-refractivity contribution >= 4 is 66.4 Å². The van der Waals surface area contributed by atoms with Crippen LogP contribution in [-0.2, 0) is 34.8 Å². The van der Waals surface area contributed by atoms with Gasteiger partial charge < -0.3 is 40.2 Å². The minimum atomic E-state index is -0.583. The molecular weight excluding hydrogens is 495 g/mol. The molecule has 0 heterocycles. The van der Waals surface area contributed by atoms with Crippen LogP contribution >= 0.6 is 12.6 Å². The van der Waals surface area contributed by atoms with E-state index in [4.69, 9.17) is 14.9 Å². The summed E-state index contributed by atoms with van der Waals surface area (Å²) in [5.41, 5.74) is -1.17. The Morgan fingerprint density at radius 2 is 1.50 bits per heavy atom. The Morgan fingerprint density at radius 1 is 1.04 bits per heavy atom. The van der Waals surface area contributed by atoms with Crippen molar-refractivity contribution in [2.24, 2.45) is 5.92 Å². The van der Waals surface area contributed by atoms with Gasteiger partial charge in [-0.3, -0.25) is 4.79 Å². The summed E-state index contributed by atoms with van der Waals surface area (Å²) in [6.45, 7) is 10.3. The molecule has 0 aromatic heterocycles. The zero-order valence-corrected chi connectivity index (χ0v) is 22.5. The number of thiol groups is 1. The number of esters is 1. The van der Waals surface area contributed by atoms with E-state index in [1.807, 2.05) is 0 Å². The van der Waals surface area contributed by atoms with Gasteiger partial charge in [0.05, 0.1) is 12.4 Å². The monoisotopic (exact) mass is 535 g/mol. The van der Waals surface area contributed by atoms with Crippen molar-refractivity contribution in [2.75, 3.05) is 12.4 Å². The summed E-state index contributed by atoms with van der Waals surface area (Å²) < 4.78 is 6.32. The van der Waals surface area contributed by atoms with Crippen molar-refractivity contribution in [3.63, 3.8) is 0 Å². The zero-order chi connectivity index (χ0) is 21.4. The maximum atomic E-state index is 10.7. The first-order valence-corrected chi connectivity index (χ1v) is 12.7. The quantitative estimate of drug-likeness (QED) is 0.138. The predicted molar refractivity (Wildman–Crippen MR) is 122 cm³/mol. The van der Waals surface area contributed by atoms with Crippen LogP contribution in [0.2, 0.25) is 4.44 Å². The van der Waals surface area contributed by atoms with E-state index in [9.17, 15) is 4.79 Å². The van der Waals surface area contributed by atoms with E-state index in [-0.39, 0.29) is 11.7 Å². The summed E-state index contributed by atoms with van der Waals surface area (Å²) in [6, 6.07) is 0. The molecule has 0 fully saturated rings. The van der Waals surface area contributed by atoms with Gasteiger partial charge in [-0.25, -0.2) is 0 Å². The molecule has 2 atom stereocenters. The molecule has 1 radical (unpaired) electrons. The summed E-state index contributed by atoms with van der Waals surface area (Å²) in [7, 11) is 0. The minimum absolute atomic E-state index is 0.187. The van der Waals surface area contributed by atoms with Gasteiger partial charge in [-0.1, -0.05) is 57.8 Å². The second kappa shape index (κ2) is 30.9.